The van der Waals surface area contributed by atoms with E-state index in [1.54, 1.807) is 0 Å². The van der Waals surface area contributed by atoms with Gasteiger partial charge < -0.3 is 10.4 Å². The van der Waals surface area contributed by atoms with Gasteiger partial charge in [-0.1, -0.05) is 24.9 Å². The lowest BCUT2D eigenvalue weighted by Crippen LogP contribution is -2.40. The van der Waals surface area contributed by atoms with Gasteiger partial charge in [0.1, 0.15) is 6.04 Å². The number of hydrogen-bond acceptors (Lipinski definition) is 3. The Bertz CT molecular complexity index is 423. The van der Waals surface area contributed by atoms with Gasteiger partial charge in [-0.15, -0.1) is 0 Å². The average molecular weight is 257 g/mol. The lowest BCUT2D eigenvalue weighted by atomic mass is 10.1. The summed E-state index contributed by atoms with van der Waals surface area (Å²) in [6.07, 6.45) is 3.80. The summed E-state index contributed by atoms with van der Waals surface area (Å²) in [6, 6.07) is 0.579. The molecule has 0 aliphatic heterocycles. The minimum absolute atomic E-state index is 0.177. The third-order valence-electron chi connectivity index (χ3n) is 2.19. The van der Waals surface area contributed by atoms with Gasteiger partial charge in [-0.25, -0.2) is 4.79 Å². The van der Waals surface area contributed by atoms with E-state index >= 15 is 0 Å². The van der Waals surface area contributed by atoms with Crippen molar-refractivity contribution >= 4 is 23.5 Å². The molecule has 0 bridgehead atoms. The van der Waals surface area contributed by atoms with Crippen molar-refractivity contribution in [2.45, 2.75) is 25.8 Å². The lowest BCUT2D eigenvalue weighted by Gasteiger charge is -2.13. The Kier molecular flexibility index (Phi) is 4.90. The van der Waals surface area contributed by atoms with Crippen LogP contribution in [0.4, 0.5) is 0 Å². The largest absolute Gasteiger partial charge is 0.480 e. The summed E-state index contributed by atoms with van der Waals surface area (Å²) in [7, 11) is 0. The number of halogens is 1. The number of aromatic nitrogens is 1. The van der Waals surface area contributed by atoms with Gasteiger partial charge in [0.2, 0.25) is 0 Å². The second kappa shape index (κ2) is 6.20. The molecular formula is C11H13ClN2O3. The monoisotopic (exact) mass is 256 g/mol. The van der Waals surface area contributed by atoms with Crippen LogP contribution in [0.1, 0.15) is 30.1 Å². The molecule has 1 rings (SSSR count). The molecule has 0 aliphatic rings. The summed E-state index contributed by atoms with van der Waals surface area (Å²) in [5.41, 5.74) is 0.177. The Hall–Kier alpha value is -1.62. The molecule has 17 heavy (non-hydrogen) atoms. The summed E-state index contributed by atoms with van der Waals surface area (Å²) >= 11 is 5.81. The van der Waals surface area contributed by atoms with E-state index in [0.717, 1.165) is 0 Å². The van der Waals surface area contributed by atoms with Crippen LogP contribution in [-0.2, 0) is 4.79 Å². The molecule has 1 heterocycles. The summed E-state index contributed by atoms with van der Waals surface area (Å²) in [5, 5.41) is 11.6. The van der Waals surface area contributed by atoms with Crippen LogP contribution in [0.2, 0.25) is 5.02 Å². The van der Waals surface area contributed by atoms with E-state index in [1.165, 1.54) is 18.5 Å². The van der Waals surface area contributed by atoms with Crippen molar-refractivity contribution in [1.82, 2.24) is 10.3 Å². The SMILES string of the molecule is CCCC(NC(=O)c1cnccc1Cl)C(=O)O. The van der Waals surface area contributed by atoms with Crippen LogP contribution in [-0.4, -0.2) is 28.0 Å². The van der Waals surface area contributed by atoms with Gasteiger partial charge in [0.05, 0.1) is 10.6 Å². The molecule has 0 fully saturated rings. The second-order valence-electron chi connectivity index (χ2n) is 3.51. The van der Waals surface area contributed by atoms with Crippen LogP contribution in [0.15, 0.2) is 18.5 Å². The van der Waals surface area contributed by atoms with Gasteiger partial charge in [-0.05, 0) is 12.5 Å². The number of carbonyl (C=O) groups excluding carboxylic acids is 1. The number of aliphatic carboxylic acids is 1. The Morgan fingerprint density at radius 2 is 2.29 bits per heavy atom. The highest BCUT2D eigenvalue weighted by atomic mass is 35.5. The molecule has 1 aromatic heterocycles. The number of carbonyl (C=O) groups is 2. The topological polar surface area (TPSA) is 79.3 Å². The maximum Gasteiger partial charge on any atom is 0.326 e. The Morgan fingerprint density at radius 3 is 2.82 bits per heavy atom. The lowest BCUT2D eigenvalue weighted by molar-refractivity contribution is -0.139. The standard InChI is InChI=1S/C11H13ClN2O3/c1-2-3-9(11(16)17)14-10(15)7-6-13-5-4-8(7)12/h4-6,9H,2-3H2,1H3,(H,14,15)(H,16,17). The maximum absolute atomic E-state index is 11.8. The number of nitrogens with zero attached hydrogens (tertiary/aromatic N) is 1. The van der Waals surface area contributed by atoms with Gasteiger partial charge in [0.15, 0.2) is 0 Å². The first-order valence-corrected chi connectivity index (χ1v) is 5.57. The summed E-state index contributed by atoms with van der Waals surface area (Å²) in [6.45, 7) is 1.85. The molecule has 1 atom stereocenters. The van der Waals surface area contributed by atoms with E-state index in [-0.39, 0.29) is 10.6 Å². The smallest absolute Gasteiger partial charge is 0.326 e. The number of nitrogens with one attached hydrogen (secondary N) is 1. The maximum atomic E-state index is 11.8. The van der Waals surface area contributed by atoms with Crippen molar-refractivity contribution in [3.8, 4) is 0 Å². The number of hydrogen-bond donors (Lipinski definition) is 2. The summed E-state index contributed by atoms with van der Waals surface area (Å²) in [5.74, 6) is -1.58. The van der Waals surface area contributed by atoms with Crippen LogP contribution in [0, 0.1) is 0 Å². The van der Waals surface area contributed by atoms with Gasteiger partial charge in [-0.2, -0.15) is 0 Å². The highest BCUT2D eigenvalue weighted by Crippen LogP contribution is 2.13. The third-order valence-corrected chi connectivity index (χ3v) is 2.52. The van der Waals surface area contributed by atoms with Gasteiger partial charge in [-0.3, -0.25) is 9.78 Å². The Balaban J connectivity index is 2.77. The zero-order valence-electron chi connectivity index (χ0n) is 9.31. The van der Waals surface area contributed by atoms with Crippen LogP contribution >= 0.6 is 11.6 Å². The fourth-order valence-corrected chi connectivity index (χ4v) is 1.52. The molecule has 0 spiro atoms. The molecule has 0 aliphatic carbocycles. The molecule has 0 saturated carbocycles. The molecule has 1 unspecified atom stereocenters. The highest BCUT2D eigenvalue weighted by molar-refractivity contribution is 6.33. The van der Waals surface area contributed by atoms with Gasteiger partial charge >= 0.3 is 5.97 Å². The van der Waals surface area contributed by atoms with Gasteiger partial charge in [0.25, 0.3) is 5.91 Å². The minimum atomic E-state index is -1.06. The molecule has 5 nitrogen and oxygen atoms in total. The van der Waals surface area contributed by atoms with Crippen molar-refractivity contribution in [2.75, 3.05) is 0 Å². The first kappa shape index (κ1) is 13.4. The third kappa shape index (κ3) is 3.71. The number of pyridine rings is 1. The molecule has 0 saturated heterocycles. The fraction of sp³-hybridized carbons (Fsp3) is 0.364. The van der Waals surface area contributed by atoms with Crippen LogP contribution in [0.3, 0.4) is 0 Å². The highest BCUT2D eigenvalue weighted by Gasteiger charge is 2.20. The van der Waals surface area contributed by atoms with Crippen molar-refractivity contribution in [1.29, 1.82) is 0 Å². The quantitative estimate of drug-likeness (QED) is 0.841. The van der Waals surface area contributed by atoms with E-state index in [4.69, 9.17) is 16.7 Å². The molecule has 0 radical (unpaired) electrons. The molecule has 0 aromatic carbocycles. The number of amides is 1. The molecule has 6 heteroatoms. The van der Waals surface area contributed by atoms with Crippen LogP contribution in [0.5, 0.6) is 0 Å². The molecule has 1 aromatic rings. The van der Waals surface area contributed by atoms with E-state index in [2.05, 4.69) is 10.3 Å². The van der Waals surface area contributed by atoms with Crippen molar-refractivity contribution in [2.24, 2.45) is 0 Å². The average Bonchev–Trinajstić information content (AvgIpc) is 2.28. The van der Waals surface area contributed by atoms with E-state index in [1.807, 2.05) is 6.92 Å². The Morgan fingerprint density at radius 1 is 1.59 bits per heavy atom. The fourth-order valence-electron chi connectivity index (χ4n) is 1.33. The van der Waals surface area contributed by atoms with E-state index < -0.39 is 17.9 Å². The second-order valence-corrected chi connectivity index (χ2v) is 3.92. The number of rotatable bonds is 5. The molecule has 92 valence electrons. The van der Waals surface area contributed by atoms with Crippen molar-refractivity contribution < 1.29 is 14.7 Å². The van der Waals surface area contributed by atoms with Crippen LogP contribution in [0.25, 0.3) is 0 Å². The number of carboxylic acids is 1. The first-order chi connectivity index (χ1) is 8.06. The van der Waals surface area contributed by atoms with E-state index in [9.17, 15) is 9.59 Å². The van der Waals surface area contributed by atoms with Crippen LogP contribution < -0.4 is 5.32 Å². The number of carboxylic acid groups (broad SMARTS) is 1. The minimum Gasteiger partial charge on any atom is -0.480 e. The normalized spacial score (nSPS) is 11.9. The van der Waals surface area contributed by atoms with E-state index in [0.29, 0.717) is 12.8 Å². The predicted octanol–water partition coefficient (Wildman–Crippen LogP) is 1.72. The van der Waals surface area contributed by atoms with Gasteiger partial charge in [0, 0.05) is 12.4 Å². The molecule has 1 amide bonds. The molecular weight excluding hydrogens is 244 g/mol. The zero-order chi connectivity index (χ0) is 12.8. The first-order valence-electron chi connectivity index (χ1n) is 5.19. The zero-order valence-corrected chi connectivity index (χ0v) is 10.1. The Labute approximate surface area is 104 Å². The van der Waals surface area contributed by atoms with Crippen molar-refractivity contribution in [3.05, 3.63) is 29.0 Å². The predicted molar refractivity (Wildman–Crippen MR) is 63.0 cm³/mol. The summed E-state index contributed by atoms with van der Waals surface area (Å²) < 4.78 is 0. The van der Waals surface area contributed by atoms with Crippen molar-refractivity contribution in [3.63, 3.8) is 0 Å². The summed E-state index contributed by atoms with van der Waals surface area (Å²) in [4.78, 5) is 26.4. The molecule has 2 N–H and O–H groups in total.